The van der Waals surface area contributed by atoms with Crippen molar-refractivity contribution in [3.05, 3.63) is 35.9 Å². The lowest BCUT2D eigenvalue weighted by Gasteiger charge is -2.41. The van der Waals surface area contributed by atoms with E-state index >= 15 is 0 Å². The highest BCUT2D eigenvalue weighted by molar-refractivity contribution is 5.78. The Bertz CT molecular complexity index is 562. The van der Waals surface area contributed by atoms with Crippen LogP contribution in [-0.4, -0.2) is 18.7 Å². The summed E-state index contributed by atoms with van der Waals surface area (Å²) in [5.41, 5.74) is 0.747. The highest BCUT2D eigenvalue weighted by Gasteiger charge is 2.55. The summed E-state index contributed by atoms with van der Waals surface area (Å²) in [7, 11) is 0. The molecule has 0 N–H and O–H groups in total. The molecule has 3 heteroatoms. The first kappa shape index (κ1) is 19.4. The summed E-state index contributed by atoms with van der Waals surface area (Å²) in [5.74, 6) is 0.792. The summed E-state index contributed by atoms with van der Waals surface area (Å²) in [6.45, 7) is 5.29. The zero-order valence-electron chi connectivity index (χ0n) is 16.4. The predicted molar refractivity (Wildman–Crippen MR) is 104 cm³/mol. The standard InChI is InChI=1S/C23H34O3/c1-18(2)16-26-22(24)23(20-12-7-4-8-13-20)15-9-14-21(23)25-17-19-10-5-3-6-11-19/h3,5-6,10-11,18,20-21H,4,7-9,12-17H2,1-2H3. The molecule has 0 saturated heterocycles. The molecule has 144 valence electrons. The number of ether oxygens (including phenoxy) is 2. The Balaban J connectivity index is 1.77. The third-order valence-electron chi connectivity index (χ3n) is 6.19. The fourth-order valence-corrected chi connectivity index (χ4v) is 4.86. The SMILES string of the molecule is CC(C)COC(=O)C1(C2CCCCC2)CCCC1OCc1ccccc1. The van der Waals surface area contributed by atoms with Gasteiger partial charge in [0.1, 0.15) is 0 Å². The molecule has 0 bridgehead atoms. The molecule has 1 aromatic rings. The van der Waals surface area contributed by atoms with Crippen LogP contribution in [0.15, 0.2) is 30.3 Å². The molecule has 2 atom stereocenters. The van der Waals surface area contributed by atoms with Gasteiger partial charge in [-0.25, -0.2) is 0 Å². The molecule has 2 aliphatic carbocycles. The van der Waals surface area contributed by atoms with Gasteiger partial charge in [0.25, 0.3) is 0 Å². The average molecular weight is 359 g/mol. The van der Waals surface area contributed by atoms with Gasteiger partial charge in [-0.05, 0) is 49.5 Å². The Morgan fingerprint density at radius 2 is 1.81 bits per heavy atom. The Labute approximate surface area is 158 Å². The third-order valence-corrected chi connectivity index (χ3v) is 6.19. The summed E-state index contributed by atoms with van der Waals surface area (Å²) in [6, 6.07) is 10.3. The van der Waals surface area contributed by atoms with Gasteiger partial charge in [-0.1, -0.05) is 63.4 Å². The van der Waals surface area contributed by atoms with E-state index in [1.54, 1.807) is 0 Å². The topological polar surface area (TPSA) is 35.5 Å². The number of carbonyl (C=O) groups is 1. The molecule has 3 nitrogen and oxygen atoms in total. The van der Waals surface area contributed by atoms with Gasteiger partial charge in [-0.2, -0.15) is 0 Å². The fraction of sp³-hybridized carbons (Fsp3) is 0.696. The van der Waals surface area contributed by atoms with Crippen LogP contribution in [0.1, 0.15) is 70.8 Å². The molecule has 1 aromatic carbocycles. The Kier molecular flexibility index (Phi) is 6.74. The van der Waals surface area contributed by atoms with E-state index in [9.17, 15) is 4.79 Å². The first-order valence-corrected chi connectivity index (χ1v) is 10.5. The number of hydrogen-bond acceptors (Lipinski definition) is 3. The van der Waals surface area contributed by atoms with Crippen molar-refractivity contribution in [1.82, 2.24) is 0 Å². The maximum Gasteiger partial charge on any atom is 0.315 e. The molecular formula is C23H34O3. The van der Waals surface area contributed by atoms with E-state index in [1.807, 2.05) is 18.2 Å². The number of rotatable bonds is 7. The van der Waals surface area contributed by atoms with Crippen molar-refractivity contribution in [3.8, 4) is 0 Å². The lowest BCUT2D eigenvalue weighted by atomic mass is 9.66. The van der Waals surface area contributed by atoms with E-state index in [1.165, 1.54) is 24.8 Å². The molecule has 26 heavy (non-hydrogen) atoms. The van der Waals surface area contributed by atoms with Crippen molar-refractivity contribution in [3.63, 3.8) is 0 Å². The van der Waals surface area contributed by atoms with Crippen molar-refractivity contribution in [2.45, 2.75) is 77.9 Å². The quantitative estimate of drug-likeness (QED) is 0.602. The second kappa shape index (κ2) is 9.03. The monoisotopic (exact) mass is 358 g/mol. The molecular weight excluding hydrogens is 324 g/mol. The van der Waals surface area contributed by atoms with Crippen LogP contribution < -0.4 is 0 Å². The van der Waals surface area contributed by atoms with Crippen LogP contribution in [0.5, 0.6) is 0 Å². The van der Waals surface area contributed by atoms with Gasteiger partial charge in [-0.3, -0.25) is 4.79 Å². The number of hydrogen-bond donors (Lipinski definition) is 0. The Morgan fingerprint density at radius 3 is 2.50 bits per heavy atom. The fourth-order valence-electron chi connectivity index (χ4n) is 4.86. The van der Waals surface area contributed by atoms with Crippen LogP contribution in [0.4, 0.5) is 0 Å². The average Bonchev–Trinajstić information content (AvgIpc) is 3.11. The summed E-state index contributed by atoms with van der Waals surface area (Å²) in [5, 5.41) is 0. The molecule has 2 saturated carbocycles. The molecule has 0 aliphatic heterocycles. The molecule has 0 aromatic heterocycles. The van der Waals surface area contributed by atoms with E-state index in [4.69, 9.17) is 9.47 Å². The Hall–Kier alpha value is -1.35. The van der Waals surface area contributed by atoms with Gasteiger partial charge in [0.05, 0.1) is 24.7 Å². The zero-order chi connectivity index (χ0) is 18.4. The second-order valence-corrected chi connectivity index (χ2v) is 8.55. The van der Waals surface area contributed by atoms with Crippen molar-refractivity contribution >= 4 is 5.97 Å². The van der Waals surface area contributed by atoms with Crippen molar-refractivity contribution < 1.29 is 14.3 Å². The molecule has 0 radical (unpaired) electrons. The van der Waals surface area contributed by atoms with Crippen molar-refractivity contribution in [1.29, 1.82) is 0 Å². The first-order chi connectivity index (χ1) is 12.6. The van der Waals surface area contributed by atoms with Gasteiger partial charge >= 0.3 is 5.97 Å². The smallest absolute Gasteiger partial charge is 0.315 e. The van der Waals surface area contributed by atoms with Gasteiger partial charge in [-0.15, -0.1) is 0 Å². The predicted octanol–water partition coefficient (Wildman–Crippen LogP) is 5.52. The van der Waals surface area contributed by atoms with Crippen molar-refractivity contribution in [2.24, 2.45) is 17.3 Å². The Morgan fingerprint density at radius 1 is 1.08 bits per heavy atom. The summed E-state index contributed by atoms with van der Waals surface area (Å²) in [6.07, 6.45) is 8.99. The third kappa shape index (κ3) is 4.31. The van der Waals surface area contributed by atoms with E-state index < -0.39 is 5.41 Å². The van der Waals surface area contributed by atoms with Gasteiger partial charge in [0, 0.05) is 0 Å². The lowest BCUT2D eigenvalue weighted by molar-refractivity contribution is -0.174. The molecule has 2 unspecified atom stereocenters. The van der Waals surface area contributed by atoms with Gasteiger partial charge in [0.2, 0.25) is 0 Å². The minimum Gasteiger partial charge on any atom is -0.465 e. The van der Waals surface area contributed by atoms with E-state index in [-0.39, 0.29) is 12.1 Å². The largest absolute Gasteiger partial charge is 0.465 e. The summed E-state index contributed by atoms with van der Waals surface area (Å²) in [4.78, 5) is 13.3. The molecule has 0 amide bonds. The molecule has 0 spiro atoms. The minimum atomic E-state index is -0.426. The van der Waals surface area contributed by atoms with E-state index in [0.717, 1.165) is 32.1 Å². The van der Waals surface area contributed by atoms with Crippen LogP contribution in [0, 0.1) is 17.3 Å². The summed E-state index contributed by atoms with van der Waals surface area (Å²) < 4.78 is 12.2. The van der Waals surface area contributed by atoms with Crippen LogP contribution in [-0.2, 0) is 20.9 Å². The van der Waals surface area contributed by atoms with Crippen LogP contribution >= 0.6 is 0 Å². The van der Waals surface area contributed by atoms with Gasteiger partial charge < -0.3 is 9.47 Å². The second-order valence-electron chi connectivity index (χ2n) is 8.55. The molecule has 2 fully saturated rings. The normalized spacial score (nSPS) is 27.0. The molecule has 3 rings (SSSR count). The number of carbonyl (C=O) groups excluding carboxylic acids is 1. The zero-order valence-corrected chi connectivity index (χ0v) is 16.4. The summed E-state index contributed by atoms with van der Waals surface area (Å²) >= 11 is 0. The van der Waals surface area contributed by atoms with Crippen LogP contribution in [0.2, 0.25) is 0 Å². The van der Waals surface area contributed by atoms with E-state index in [2.05, 4.69) is 26.0 Å². The lowest BCUT2D eigenvalue weighted by Crippen LogP contribution is -2.48. The van der Waals surface area contributed by atoms with E-state index in [0.29, 0.717) is 25.0 Å². The van der Waals surface area contributed by atoms with Crippen LogP contribution in [0.25, 0.3) is 0 Å². The molecule has 2 aliphatic rings. The number of benzene rings is 1. The number of esters is 1. The highest BCUT2D eigenvalue weighted by Crippen LogP contribution is 2.52. The maximum absolute atomic E-state index is 13.3. The van der Waals surface area contributed by atoms with Crippen LogP contribution in [0.3, 0.4) is 0 Å². The molecule has 0 heterocycles. The minimum absolute atomic E-state index is 0.00802. The highest BCUT2D eigenvalue weighted by atomic mass is 16.5. The van der Waals surface area contributed by atoms with Gasteiger partial charge in [0.15, 0.2) is 0 Å². The first-order valence-electron chi connectivity index (χ1n) is 10.5. The van der Waals surface area contributed by atoms with Crippen molar-refractivity contribution in [2.75, 3.05) is 6.61 Å². The maximum atomic E-state index is 13.3.